The van der Waals surface area contributed by atoms with E-state index in [1.807, 2.05) is 6.20 Å². The van der Waals surface area contributed by atoms with Gasteiger partial charge in [0.15, 0.2) is 0 Å². The molecule has 0 fully saturated rings. The van der Waals surface area contributed by atoms with Crippen molar-refractivity contribution in [3.8, 4) is 23.0 Å². The van der Waals surface area contributed by atoms with Crippen LogP contribution in [0.15, 0.2) is 90.6 Å². The minimum absolute atomic E-state index is 0.0733. The van der Waals surface area contributed by atoms with E-state index in [9.17, 15) is 0 Å². The van der Waals surface area contributed by atoms with Gasteiger partial charge in [0, 0.05) is 46.3 Å². The lowest BCUT2D eigenvalue weighted by molar-refractivity contribution is 0.180. The first-order valence-electron chi connectivity index (χ1n) is 20.0. The monoisotopic (exact) mass is 720 g/mol. The fourth-order valence-electron chi connectivity index (χ4n) is 8.97. The van der Waals surface area contributed by atoms with E-state index in [-0.39, 0.29) is 16.2 Å². The van der Waals surface area contributed by atoms with E-state index in [1.54, 1.807) is 5.57 Å². The highest BCUT2D eigenvalue weighted by atomic mass is 16.5. The van der Waals surface area contributed by atoms with Crippen LogP contribution in [0.25, 0.3) is 33.3 Å². The fourth-order valence-corrected chi connectivity index (χ4v) is 8.97. The van der Waals surface area contributed by atoms with Gasteiger partial charge in [-0.3, -0.25) is 4.57 Å². The zero-order chi connectivity index (χ0) is 38.7. The van der Waals surface area contributed by atoms with Gasteiger partial charge in [-0.15, -0.1) is 0 Å². The van der Waals surface area contributed by atoms with Crippen molar-refractivity contribution in [1.82, 2.24) is 19.3 Å². The summed E-state index contributed by atoms with van der Waals surface area (Å²) in [6, 6.07) is 26.1. The van der Waals surface area contributed by atoms with Gasteiger partial charge in [-0.2, -0.15) is 5.10 Å². The van der Waals surface area contributed by atoms with Crippen LogP contribution in [0.3, 0.4) is 0 Å². The molecule has 7 rings (SSSR count). The van der Waals surface area contributed by atoms with Crippen LogP contribution in [-0.2, 0) is 11.8 Å². The number of nitrogens with zero attached hydrogens (tertiary/aromatic N) is 4. The number of aryl methyl sites for hydroxylation is 2. The molecule has 0 N–H and O–H groups in total. The van der Waals surface area contributed by atoms with Crippen LogP contribution in [0.4, 0.5) is 0 Å². The normalized spacial score (nSPS) is 17.0. The van der Waals surface area contributed by atoms with Crippen LogP contribution in [-0.4, -0.2) is 19.3 Å². The molecule has 282 valence electrons. The predicted octanol–water partition coefficient (Wildman–Crippen LogP) is 13.5. The van der Waals surface area contributed by atoms with Gasteiger partial charge in [0.1, 0.15) is 17.3 Å². The van der Waals surface area contributed by atoms with Crippen molar-refractivity contribution in [3.63, 3.8) is 0 Å². The summed E-state index contributed by atoms with van der Waals surface area (Å²) < 4.78 is 11.3. The van der Waals surface area contributed by atoms with Crippen molar-refractivity contribution in [3.05, 3.63) is 119 Å². The Morgan fingerprint density at radius 2 is 1.52 bits per heavy atom. The lowest BCUT2D eigenvalue weighted by atomic mass is 9.59. The summed E-state index contributed by atoms with van der Waals surface area (Å²) in [6.45, 7) is 27.9. The number of benzene rings is 3. The van der Waals surface area contributed by atoms with Crippen LogP contribution in [0.5, 0.6) is 11.5 Å². The van der Waals surface area contributed by atoms with E-state index in [0.29, 0.717) is 11.8 Å². The predicted molar refractivity (Wildman–Crippen MR) is 227 cm³/mol. The lowest BCUT2D eigenvalue weighted by Gasteiger charge is -2.45. The Kier molecular flexibility index (Phi) is 9.69. The van der Waals surface area contributed by atoms with Gasteiger partial charge in [-0.05, 0) is 109 Å². The zero-order valence-electron chi connectivity index (χ0n) is 34.8. The van der Waals surface area contributed by atoms with Crippen molar-refractivity contribution in [2.75, 3.05) is 0 Å². The molecular formula is C49H60N4O. The Labute approximate surface area is 323 Å². The summed E-state index contributed by atoms with van der Waals surface area (Å²) in [4.78, 5) is 4.86. The molecule has 0 unspecified atom stereocenters. The summed E-state index contributed by atoms with van der Waals surface area (Å²) in [7, 11) is 0. The minimum atomic E-state index is -0.0958. The quantitative estimate of drug-likeness (QED) is 0.154. The number of pyridine rings is 1. The Morgan fingerprint density at radius 3 is 2.22 bits per heavy atom. The summed E-state index contributed by atoms with van der Waals surface area (Å²) >= 11 is 0. The van der Waals surface area contributed by atoms with Gasteiger partial charge >= 0.3 is 0 Å². The van der Waals surface area contributed by atoms with E-state index in [4.69, 9.17) is 14.8 Å². The first-order chi connectivity index (χ1) is 25.5. The highest BCUT2D eigenvalue weighted by Crippen LogP contribution is 2.53. The maximum Gasteiger partial charge on any atom is 0.137 e. The maximum absolute atomic E-state index is 6.87. The molecule has 0 aliphatic heterocycles. The van der Waals surface area contributed by atoms with Crippen molar-refractivity contribution in [1.29, 1.82) is 0 Å². The molecule has 0 bridgehead atoms. The van der Waals surface area contributed by atoms with Crippen molar-refractivity contribution in [2.45, 2.75) is 120 Å². The molecule has 5 nitrogen and oxygen atoms in total. The number of fused-ring (bicyclic) bond motifs is 3. The molecule has 0 spiro atoms. The largest absolute Gasteiger partial charge is 0.457 e. The van der Waals surface area contributed by atoms with Crippen LogP contribution in [0.2, 0.25) is 0 Å². The summed E-state index contributed by atoms with van der Waals surface area (Å²) in [5, 5.41) is 7.70. The number of aromatic nitrogens is 4. The SMILES string of the molecule is CCCc1ccnc(-n2c3ccccc3c3ccc(Oc4cc(-n5nc(C)c([C@H]6C(C(C)(C)C)=CCC[C@@H]6C(C)(C)C)c5C)cc(C(C)(C)C)c4)cc32)c1. The molecule has 0 saturated heterocycles. The molecule has 5 heteroatoms. The fraction of sp³-hybridized carbons (Fsp3) is 0.429. The smallest absolute Gasteiger partial charge is 0.137 e. The molecule has 2 atom stereocenters. The number of allylic oxidation sites excluding steroid dienone is 2. The Balaban J connectivity index is 1.34. The average Bonchev–Trinajstić information content (AvgIpc) is 3.59. The van der Waals surface area contributed by atoms with Gasteiger partial charge in [-0.25, -0.2) is 9.67 Å². The highest BCUT2D eigenvalue weighted by molar-refractivity contribution is 6.09. The van der Waals surface area contributed by atoms with Crippen LogP contribution in [0, 0.1) is 30.6 Å². The van der Waals surface area contributed by atoms with Crippen LogP contribution < -0.4 is 4.74 Å². The second kappa shape index (κ2) is 13.9. The number of hydrogen-bond acceptors (Lipinski definition) is 3. The van der Waals surface area contributed by atoms with E-state index in [1.165, 1.54) is 39.6 Å². The van der Waals surface area contributed by atoms with Gasteiger partial charge in [0.25, 0.3) is 0 Å². The highest BCUT2D eigenvalue weighted by Gasteiger charge is 2.42. The summed E-state index contributed by atoms with van der Waals surface area (Å²) in [6.07, 6.45) is 8.91. The molecule has 6 aromatic rings. The molecule has 0 saturated carbocycles. The molecule has 3 aromatic carbocycles. The van der Waals surface area contributed by atoms with E-state index in [0.717, 1.165) is 59.0 Å². The standard InChI is InChI=1S/C49H60N4O/c1-13-17-33-24-25-50-44(26-33)52-42-21-15-14-18-38(42)39-23-22-36(30-43(39)52)54-37-28-34(47(4,5)6)27-35(29-37)53-32(3)45(31(2)51-53)46-40(48(7,8)9)19-16-20-41(46)49(10,11)12/h14-15,18-19,21-30,41,46H,13,16-17,20H2,1-12H3/t41-,46-/m0/s1. The number of hydrogen-bond donors (Lipinski definition) is 0. The van der Waals surface area contributed by atoms with Gasteiger partial charge in [0.2, 0.25) is 0 Å². The minimum Gasteiger partial charge on any atom is -0.457 e. The lowest BCUT2D eigenvalue weighted by Crippen LogP contribution is -2.34. The van der Waals surface area contributed by atoms with Gasteiger partial charge in [0.05, 0.1) is 22.4 Å². The van der Waals surface area contributed by atoms with Gasteiger partial charge < -0.3 is 4.74 Å². The zero-order valence-corrected chi connectivity index (χ0v) is 34.8. The third kappa shape index (κ3) is 7.03. The summed E-state index contributed by atoms with van der Waals surface area (Å²) in [5.41, 5.74) is 11.2. The van der Waals surface area contributed by atoms with Crippen LogP contribution >= 0.6 is 0 Å². The Bertz CT molecular complexity index is 2370. The van der Waals surface area contributed by atoms with Crippen LogP contribution in [0.1, 0.15) is 122 Å². The van der Waals surface area contributed by atoms with E-state index in [2.05, 4.69) is 171 Å². The third-order valence-corrected chi connectivity index (χ3v) is 11.7. The van der Waals surface area contributed by atoms with Crippen molar-refractivity contribution >= 4 is 21.8 Å². The first kappa shape index (κ1) is 37.7. The Hall–Kier alpha value is -4.64. The maximum atomic E-state index is 6.87. The van der Waals surface area contributed by atoms with Crippen molar-refractivity contribution < 1.29 is 4.74 Å². The molecule has 1 aliphatic rings. The molecule has 0 radical (unpaired) electrons. The number of ether oxygens (including phenoxy) is 1. The first-order valence-corrected chi connectivity index (χ1v) is 20.0. The summed E-state index contributed by atoms with van der Waals surface area (Å²) in [5.74, 6) is 3.37. The number of rotatable bonds is 7. The molecule has 0 amide bonds. The molecule has 3 aromatic heterocycles. The molecular weight excluding hydrogens is 661 g/mol. The second-order valence-electron chi connectivity index (χ2n) is 18.8. The molecule has 3 heterocycles. The molecule has 54 heavy (non-hydrogen) atoms. The van der Waals surface area contributed by atoms with Gasteiger partial charge in [-0.1, -0.05) is 106 Å². The second-order valence-corrected chi connectivity index (χ2v) is 18.8. The Morgan fingerprint density at radius 1 is 0.778 bits per heavy atom. The van der Waals surface area contributed by atoms with E-state index >= 15 is 0 Å². The number of para-hydroxylation sites is 1. The topological polar surface area (TPSA) is 44.9 Å². The van der Waals surface area contributed by atoms with E-state index < -0.39 is 0 Å². The molecule has 1 aliphatic carbocycles. The third-order valence-electron chi connectivity index (χ3n) is 11.7. The average molecular weight is 721 g/mol. The van der Waals surface area contributed by atoms with Crippen molar-refractivity contribution in [2.24, 2.45) is 16.7 Å².